The van der Waals surface area contributed by atoms with E-state index in [0.717, 1.165) is 34.2 Å². The summed E-state index contributed by atoms with van der Waals surface area (Å²) in [6.07, 6.45) is 6.47. The Kier molecular flexibility index (Phi) is 3.46. The number of aryl methyl sites for hydroxylation is 2. The van der Waals surface area contributed by atoms with Crippen LogP contribution in [0, 0.1) is 0 Å². The summed E-state index contributed by atoms with van der Waals surface area (Å²) in [6.45, 7) is 0. The van der Waals surface area contributed by atoms with Crippen molar-refractivity contribution in [2.24, 2.45) is 7.05 Å². The Labute approximate surface area is 127 Å². The second-order valence-corrected chi connectivity index (χ2v) is 6.03. The van der Waals surface area contributed by atoms with Crippen LogP contribution in [-0.4, -0.2) is 16.9 Å². The molecule has 4 nitrogen and oxygen atoms in total. The summed E-state index contributed by atoms with van der Waals surface area (Å²) < 4.78 is 8.31. The molecule has 0 amide bonds. The lowest BCUT2D eigenvalue weighted by Crippen LogP contribution is -2.07. The number of benzene rings is 1. The van der Waals surface area contributed by atoms with Crippen molar-refractivity contribution in [2.45, 2.75) is 25.7 Å². The molecule has 1 aliphatic rings. The van der Waals surface area contributed by atoms with Crippen molar-refractivity contribution >= 4 is 21.7 Å². The molecule has 0 atom stereocenters. The molecule has 0 fully saturated rings. The zero-order valence-electron chi connectivity index (χ0n) is 11.7. The van der Waals surface area contributed by atoms with Gasteiger partial charge in [0, 0.05) is 18.2 Å². The van der Waals surface area contributed by atoms with Gasteiger partial charge in [-0.3, -0.25) is 4.68 Å². The SMILES string of the molecule is COc1c(Br)cc2c(c1-c1cnn(C)c1N)CCCC2. The summed E-state index contributed by atoms with van der Waals surface area (Å²) >= 11 is 3.62. The molecule has 1 aromatic heterocycles. The molecule has 0 aliphatic heterocycles. The first-order chi connectivity index (χ1) is 9.63. The molecule has 0 saturated carbocycles. The number of fused-ring (bicyclic) bond motifs is 1. The minimum absolute atomic E-state index is 0.675. The number of nitrogens with two attached hydrogens (primary N) is 1. The van der Waals surface area contributed by atoms with Crippen molar-refractivity contribution in [3.05, 3.63) is 27.9 Å². The largest absolute Gasteiger partial charge is 0.495 e. The number of nitrogen functional groups attached to an aromatic ring is 1. The zero-order chi connectivity index (χ0) is 14.3. The standard InChI is InChI=1S/C15H18BrN3O/c1-19-15(17)11(8-18-19)13-10-6-4-3-5-9(10)7-12(16)14(13)20-2/h7-8H,3-6,17H2,1-2H3. The molecule has 0 bridgehead atoms. The van der Waals surface area contributed by atoms with Crippen LogP contribution in [0.4, 0.5) is 5.82 Å². The van der Waals surface area contributed by atoms with Crippen LogP contribution in [0.5, 0.6) is 5.75 Å². The molecule has 106 valence electrons. The molecular formula is C15H18BrN3O. The molecule has 1 aliphatic carbocycles. The van der Waals surface area contributed by atoms with Gasteiger partial charge < -0.3 is 10.5 Å². The topological polar surface area (TPSA) is 53.1 Å². The average Bonchev–Trinajstić information content (AvgIpc) is 2.77. The normalized spacial score (nSPS) is 14.2. The van der Waals surface area contributed by atoms with Crippen LogP contribution in [0.15, 0.2) is 16.7 Å². The third kappa shape index (κ3) is 2.00. The first kappa shape index (κ1) is 13.5. The Hall–Kier alpha value is -1.49. The van der Waals surface area contributed by atoms with E-state index in [1.807, 2.05) is 13.2 Å². The Morgan fingerprint density at radius 2 is 2.10 bits per heavy atom. The molecule has 20 heavy (non-hydrogen) atoms. The van der Waals surface area contributed by atoms with Gasteiger partial charge in [0.05, 0.1) is 17.8 Å². The lowest BCUT2D eigenvalue weighted by Gasteiger charge is -2.22. The van der Waals surface area contributed by atoms with Gasteiger partial charge in [-0.15, -0.1) is 0 Å². The minimum atomic E-state index is 0.675. The van der Waals surface area contributed by atoms with Gasteiger partial charge in [0.1, 0.15) is 11.6 Å². The minimum Gasteiger partial charge on any atom is -0.495 e. The molecule has 2 aromatic rings. The van der Waals surface area contributed by atoms with Crippen LogP contribution in [0.25, 0.3) is 11.1 Å². The van der Waals surface area contributed by atoms with Gasteiger partial charge in [0.25, 0.3) is 0 Å². The van der Waals surface area contributed by atoms with E-state index in [4.69, 9.17) is 10.5 Å². The molecule has 2 N–H and O–H groups in total. The second kappa shape index (κ2) is 5.13. The number of hydrogen-bond acceptors (Lipinski definition) is 3. The summed E-state index contributed by atoms with van der Waals surface area (Å²) in [5.74, 6) is 1.53. The number of nitrogens with zero attached hydrogens (tertiary/aromatic N) is 2. The predicted octanol–water partition coefficient (Wildman–Crippen LogP) is 3.32. The molecule has 0 saturated heterocycles. The van der Waals surface area contributed by atoms with Gasteiger partial charge in [-0.25, -0.2) is 0 Å². The van der Waals surface area contributed by atoms with Crippen molar-refractivity contribution in [2.75, 3.05) is 12.8 Å². The highest BCUT2D eigenvalue weighted by atomic mass is 79.9. The van der Waals surface area contributed by atoms with Gasteiger partial charge in [-0.1, -0.05) is 0 Å². The van der Waals surface area contributed by atoms with Crippen LogP contribution >= 0.6 is 15.9 Å². The van der Waals surface area contributed by atoms with E-state index in [-0.39, 0.29) is 0 Å². The maximum atomic E-state index is 6.17. The summed E-state index contributed by atoms with van der Waals surface area (Å²) in [7, 11) is 3.56. The Bertz CT molecular complexity index is 664. The number of aromatic nitrogens is 2. The van der Waals surface area contributed by atoms with E-state index in [1.165, 1.54) is 24.0 Å². The maximum Gasteiger partial charge on any atom is 0.141 e. The zero-order valence-corrected chi connectivity index (χ0v) is 13.3. The number of ether oxygens (including phenoxy) is 1. The summed E-state index contributed by atoms with van der Waals surface area (Å²) in [5, 5.41) is 4.27. The van der Waals surface area contributed by atoms with Crippen LogP contribution < -0.4 is 10.5 Å². The predicted molar refractivity (Wildman–Crippen MR) is 84.0 cm³/mol. The van der Waals surface area contributed by atoms with Gasteiger partial charge in [0.2, 0.25) is 0 Å². The highest BCUT2D eigenvalue weighted by molar-refractivity contribution is 9.10. The van der Waals surface area contributed by atoms with Crippen molar-refractivity contribution < 1.29 is 4.74 Å². The molecular weight excluding hydrogens is 318 g/mol. The Balaban J connectivity index is 2.32. The number of hydrogen-bond donors (Lipinski definition) is 1. The molecule has 5 heteroatoms. The smallest absolute Gasteiger partial charge is 0.141 e. The van der Waals surface area contributed by atoms with Crippen LogP contribution in [0.1, 0.15) is 24.0 Å². The first-order valence-electron chi connectivity index (χ1n) is 6.79. The van der Waals surface area contributed by atoms with Gasteiger partial charge in [0.15, 0.2) is 0 Å². The molecule has 0 spiro atoms. The maximum absolute atomic E-state index is 6.17. The van der Waals surface area contributed by atoms with Crippen molar-refractivity contribution in [1.29, 1.82) is 0 Å². The summed E-state index contributed by atoms with van der Waals surface area (Å²) in [6, 6.07) is 2.18. The third-order valence-corrected chi connectivity index (χ3v) is 4.60. The van der Waals surface area contributed by atoms with E-state index in [2.05, 4.69) is 27.1 Å². The third-order valence-electron chi connectivity index (χ3n) is 4.02. The fourth-order valence-electron chi connectivity index (χ4n) is 2.97. The van der Waals surface area contributed by atoms with E-state index < -0.39 is 0 Å². The van der Waals surface area contributed by atoms with E-state index >= 15 is 0 Å². The fourth-order valence-corrected chi connectivity index (χ4v) is 3.61. The number of rotatable bonds is 2. The molecule has 0 unspecified atom stereocenters. The van der Waals surface area contributed by atoms with Crippen molar-refractivity contribution in [1.82, 2.24) is 9.78 Å². The lowest BCUT2D eigenvalue weighted by atomic mass is 9.86. The first-order valence-corrected chi connectivity index (χ1v) is 7.59. The highest BCUT2D eigenvalue weighted by Gasteiger charge is 2.23. The van der Waals surface area contributed by atoms with Crippen molar-refractivity contribution in [3.8, 4) is 16.9 Å². The summed E-state index contributed by atoms with van der Waals surface area (Å²) in [5.41, 5.74) is 11.0. The quantitative estimate of drug-likeness (QED) is 0.915. The Morgan fingerprint density at radius 3 is 2.75 bits per heavy atom. The molecule has 1 heterocycles. The van der Waals surface area contributed by atoms with Gasteiger partial charge in [-0.05, 0) is 58.8 Å². The van der Waals surface area contributed by atoms with Gasteiger partial charge in [-0.2, -0.15) is 5.10 Å². The number of methoxy groups -OCH3 is 1. The molecule has 0 radical (unpaired) electrons. The molecule has 3 rings (SSSR count). The van der Waals surface area contributed by atoms with E-state index in [9.17, 15) is 0 Å². The van der Waals surface area contributed by atoms with E-state index in [0.29, 0.717) is 5.82 Å². The van der Waals surface area contributed by atoms with Crippen LogP contribution in [0.2, 0.25) is 0 Å². The highest BCUT2D eigenvalue weighted by Crippen LogP contribution is 2.44. The monoisotopic (exact) mass is 335 g/mol. The Morgan fingerprint density at radius 1 is 1.35 bits per heavy atom. The average molecular weight is 336 g/mol. The lowest BCUT2D eigenvalue weighted by molar-refractivity contribution is 0.412. The summed E-state index contributed by atoms with van der Waals surface area (Å²) in [4.78, 5) is 0. The van der Waals surface area contributed by atoms with Crippen LogP contribution in [-0.2, 0) is 19.9 Å². The van der Waals surface area contributed by atoms with Crippen molar-refractivity contribution in [3.63, 3.8) is 0 Å². The van der Waals surface area contributed by atoms with Gasteiger partial charge >= 0.3 is 0 Å². The number of anilines is 1. The second-order valence-electron chi connectivity index (χ2n) is 5.18. The fraction of sp³-hybridized carbons (Fsp3) is 0.400. The molecule has 1 aromatic carbocycles. The number of halogens is 1. The van der Waals surface area contributed by atoms with E-state index in [1.54, 1.807) is 11.8 Å². The van der Waals surface area contributed by atoms with Crippen LogP contribution in [0.3, 0.4) is 0 Å².